The number of hydrogen-bond acceptors (Lipinski definition) is 5. The number of rotatable bonds is 7. The summed E-state index contributed by atoms with van der Waals surface area (Å²) in [7, 11) is 2.08. The van der Waals surface area contributed by atoms with E-state index in [0.29, 0.717) is 30.1 Å². The maximum atomic E-state index is 12.7. The van der Waals surface area contributed by atoms with Gasteiger partial charge in [-0.3, -0.25) is 9.69 Å². The van der Waals surface area contributed by atoms with Crippen molar-refractivity contribution in [3.05, 3.63) is 53.2 Å². The van der Waals surface area contributed by atoms with Gasteiger partial charge in [-0.25, -0.2) is 4.98 Å². The van der Waals surface area contributed by atoms with Crippen LogP contribution in [0.15, 0.2) is 34.9 Å². The molecule has 0 atom stereocenters. The Bertz CT molecular complexity index is 818. The summed E-state index contributed by atoms with van der Waals surface area (Å²) >= 11 is 0. The number of carbonyl (C=O) groups excluding carboxylic acids is 1. The maximum Gasteiger partial charge on any atom is 0.275 e. The number of aromatic nitrogens is 1. The first-order valence-electron chi connectivity index (χ1n) is 10.7. The molecule has 1 aromatic carbocycles. The molecule has 0 unspecified atom stereocenters. The van der Waals surface area contributed by atoms with Gasteiger partial charge in [0.05, 0.1) is 6.54 Å². The van der Waals surface area contributed by atoms with Crippen LogP contribution in [0.3, 0.4) is 0 Å². The van der Waals surface area contributed by atoms with E-state index in [2.05, 4.69) is 59.9 Å². The summed E-state index contributed by atoms with van der Waals surface area (Å²) in [6.45, 7) is 9.27. The van der Waals surface area contributed by atoms with Crippen molar-refractivity contribution in [2.24, 2.45) is 0 Å². The molecule has 0 radical (unpaired) electrons. The van der Waals surface area contributed by atoms with E-state index in [9.17, 15) is 4.79 Å². The highest BCUT2D eigenvalue weighted by Crippen LogP contribution is 2.30. The standard InChI is InChI=1S/C23H32N4O2/c1-17(2)19-6-4-18(5-7-19)14-27(20-8-9-20)15-22-24-21(16-29-22)23(28)26-12-10-25(3)11-13-26/h4-7,16-17,20H,8-15H2,1-3H3. The Balaban J connectivity index is 1.38. The minimum absolute atomic E-state index is 0.0182. The van der Waals surface area contributed by atoms with Crippen molar-refractivity contribution in [3.8, 4) is 0 Å². The van der Waals surface area contributed by atoms with Crippen molar-refractivity contribution in [3.63, 3.8) is 0 Å². The van der Waals surface area contributed by atoms with Crippen molar-refractivity contribution >= 4 is 5.91 Å². The van der Waals surface area contributed by atoms with Crippen LogP contribution in [0, 0.1) is 0 Å². The van der Waals surface area contributed by atoms with Crippen molar-refractivity contribution in [2.45, 2.75) is 51.7 Å². The maximum absolute atomic E-state index is 12.7. The van der Waals surface area contributed by atoms with Crippen LogP contribution in [-0.4, -0.2) is 64.9 Å². The van der Waals surface area contributed by atoms with Gasteiger partial charge in [-0.2, -0.15) is 0 Å². The molecule has 0 N–H and O–H groups in total. The fraction of sp³-hybridized carbons (Fsp3) is 0.565. The first-order chi connectivity index (χ1) is 14.0. The van der Waals surface area contributed by atoms with E-state index in [-0.39, 0.29) is 5.91 Å². The summed E-state index contributed by atoms with van der Waals surface area (Å²) in [5.41, 5.74) is 3.11. The van der Waals surface area contributed by atoms with E-state index in [0.717, 1.165) is 32.7 Å². The summed E-state index contributed by atoms with van der Waals surface area (Å²) in [6.07, 6.45) is 3.97. The number of hydrogen-bond donors (Lipinski definition) is 0. The van der Waals surface area contributed by atoms with Gasteiger partial charge in [-0.1, -0.05) is 38.1 Å². The average Bonchev–Trinajstić information content (AvgIpc) is 3.47. The zero-order valence-corrected chi connectivity index (χ0v) is 17.8. The summed E-state index contributed by atoms with van der Waals surface area (Å²) in [4.78, 5) is 23.7. The summed E-state index contributed by atoms with van der Waals surface area (Å²) < 4.78 is 5.68. The molecular formula is C23H32N4O2. The number of piperazine rings is 1. The van der Waals surface area contributed by atoms with Crippen LogP contribution in [0.2, 0.25) is 0 Å². The lowest BCUT2D eigenvalue weighted by atomic mass is 10.0. The van der Waals surface area contributed by atoms with Crippen molar-refractivity contribution in [1.29, 1.82) is 0 Å². The third-order valence-electron chi connectivity index (χ3n) is 6.00. The second kappa shape index (κ2) is 8.67. The molecule has 1 aliphatic heterocycles. The van der Waals surface area contributed by atoms with E-state index in [1.807, 2.05) is 4.90 Å². The first-order valence-corrected chi connectivity index (χ1v) is 10.7. The van der Waals surface area contributed by atoms with Gasteiger partial charge < -0.3 is 14.2 Å². The summed E-state index contributed by atoms with van der Waals surface area (Å²) in [6, 6.07) is 9.49. The molecule has 4 rings (SSSR count). The lowest BCUT2D eigenvalue weighted by Gasteiger charge is -2.31. The second-order valence-electron chi connectivity index (χ2n) is 8.75. The molecule has 1 aliphatic carbocycles. The molecule has 2 aromatic rings. The highest BCUT2D eigenvalue weighted by Gasteiger charge is 2.30. The minimum atomic E-state index is -0.0182. The van der Waals surface area contributed by atoms with Crippen LogP contribution < -0.4 is 0 Å². The highest BCUT2D eigenvalue weighted by molar-refractivity contribution is 5.92. The largest absolute Gasteiger partial charge is 0.447 e. The third kappa shape index (κ3) is 5.06. The van der Waals surface area contributed by atoms with Crippen LogP contribution >= 0.6 is 0 Å². The molecule has 2 aliphatic rings. The molecule has 0 spiro atoms. The summed E-state index contributed by atoms with van der Waals surface area (Å²) in [5.74, 6) is 1.16. The van der Waals surface area contributed by atoms with Crippen molar-refractivity contribution in [1.82, 2.24) is 19.7 Å². The number of nitrogens with zero attached hydrogens (tertiary/aromatic N) is 4. The molecule has 1 amide bonds. The van der Waals surface area contributed by atoms with Gasteiger partial charge in [-0.05, 0) is 36.9 Å². The van der Waals surface area contributed by atoms with Crippen LogP contribution in [0.1, 0.15) is 60.1 Å². The van der Waals surface area contributed by atoms with Gasteiger partial charge in [0.2, 0.25) is 5.89 Å². The zero-order valence-electron chi connectivity index (χ0n) is 17.8. The van der Waals surface area contributed by atoms with Gasteiger partial charge >= 0.3 is 0 Å². The quantitative estimate of drug-likeness (QED) is 0.718. The number of oxazole rings is 1. The Hall–Kier alpha value is -2.18. The van der Waals surface area contributed by atoms with Gasteiger partial charge in [0, 0.05) is 38.8 Å². The molecule has 1 aromatic heterocycles. The van der Waals surface area contributed by atoms with Crippen LogP contribution in [0.25, 0.3) is 0 Å². The van der Waals surface area contributed by atoms with Gasteiger partial charge in [0.25, 0.3) is 5.91 Å². The summed E-state index contributed by atoms with van der Waals surface area (Å²) in [5, 5.41) is 0. The molecule has 156 valence electrons. The Labute approximate surface area is 173 Å². The molecule has 29 heavy (non-hydrogen) atoms. The minimum Gasteiger partial charge on any atom is -0.447 e. The SMILES string of the molecule is CC(C)c1ccc(CN(Cc2nc(C(=O)N3CCN(C)CC3)co2)C2CC2)cc1. The number of likely N-dealkylation sites (N-methyl/N-ethyl adjacent to an activating group) is 1. The normalized spacial score (nSPS) is 18.0. The zero-order chi connectivity index (χ0) is 20.4. The van der Waals surface area contributed by atoms with Gasteiger partial charge in [0.15, 0.2) is 5.69 Å². The number of amides is 1. The lowest BCUT2D eigenvalue weighted by Crippen LogP contribution is -2.47. The Morgan fingerprint density at radius 3 is 2.45 bits per heavy atom. The molecule has 0 bridgehead atoms. The highest BCUT2D eigenvalue weighted by atomic mass is 16.3. The van der Waals surface area contributed by atoms with E-state index >= 15 is 0 Å². The van der Waals surface area contributed by atoms with E-state index in [1.165, 1.54) is 30.2 Å². The molecule has 2 heterocycles. The van der Waals surface area contributed by atoms with Crippen molar-refractivity contribution in [2.75, 3.05) is 33.2 Å². The Morgan fingerprint density at radius 1 is 1.14 bits per heavy atom. The Morgan fingerprint density at radius 2 is 1.83 bits per heavy atom. The molecular weight excluding hydrogens is 364 g/mol. The molecule has 6 nitrogen and oxygen atoms in total. The fourth-order valence-corrected chi connectivity index (χ4v) is 3.82. The molecule has 1 saturated heterocycles. The van der Waals surface area contributed by atoms with E-state index in [4.69, 9.17) is 4.42 Å². The molecule has 6 heteroatoms. The fourth-order valence-electron chi connectivity index (χ4n) is 3.82. The third-order valence-corrected chi connectivity index (χ3v) is 6.00. The monoisotopic (exact) mass is 396 g/mol. The number of benzene rings is 1. The average molecular weight is 397 g/mol. The van der Waals surface area contributed by atoms with E-state index < -0.39 is 0 Å². The predicted molar refractivity (Wildman–Crippen MR) is 113 cm³/mol. The van der Waals surface area contributed by atoms with Crippen LogP contribution in [-0.2, 0) is 13.1 Å². The van der Waals surface area contributed by atoms with E-state index in [1.54, 1.807) is 0 Å². The lowest BCUT2D eigenvalue weighted by molar-refractivity contribution is 0.0658. The van der Waals surface area contributed by atoms with Crippen LogP contribution in [0.4, 0.5) is 0 Å². The van der Waals surface area contributed by atoms with Gasteiger partial charge in [-0.15, -0.1) is 0 Å². The second-order valence-corrected chi connectivity index (χ2v) is 8.75. The van der Waals surface area contributed by atoms with Gasteiger partial charge in [0.1, 0.15) is 6.26 Å². The van der Waals surface area contributed by atoms with Crippen molar-refractivity contribution < 1.29 is 9.21 Å². The van der Waals surface area contributed by atoms with Crippen LogP contribution in [0.5, 0.6) is 0 Å². The molecule has 1 saturated carbocycles. The first kappa shape index (κ1) is 20.1. The predicted octanol–water partition coefficient (Wildman–Crippen LogP) is 3.35. The molecule has 2 fully saturated rings. The Kier molecular flexibility index (Phi) is 6.01. The smallest absolute Gasteiger partial charge is 0.275 e. The topological polar surface area (TPSA) is 52.8 Å². The number of carbonyl (C=O) groups is 1.